The summed E-state index contributed by atoms with van der Waals surface area (Å²) in [5, 5.41) is 21.7. The first-order chi connectivity index (χ1) is 21.3. The molecule has 0 fully saturated rings. The van der Waals surface area contributed by atoms with Crippen LogP contribution in [0.25, 0.3) is 22.3 Å². The average Bonchev–Trinajstić information content (AvgIpc) is 3.04. The van der Waals surface area contributed by atoms with Crippen molar-refractivity contribution in [3.05, 3.63) is 112 Å². The predicted octanol–water partition coefficient (Wildman–Crippen LogP) is 6.20. The number of carbonyl (C=O) groups excluding carboxylic acids is 1. The number of hydrogen-bond donors (Lipinski definition) is 2. The number of rotatable bonds is 11. The Morgan fingerprint density at radius 3 is 2.27 bits per heavy atom. The molecule has 0 bridgehead atoms. The first kappa shape index (κ1) is 30.0. The van der Waals surface area contributed by atoms with E-state index in [4.69, 9.17) is 23.4 Å². The first-order valence-corrected chi connectivity index (χ1v) is 13.9. The molecule has 0 aliphatic carbocycles. The largest absolute Gasteiger partial charge is 0.507 e. The van der Waals surface area contributed by atoms with Crippen molar-refractivity contribution >= 4 is 16.9 Å². The van der Waals surface area contributed by atoms with E-state index < -0.39 is 23.1 Å². The standard InChI is InChI=1S/C35H32O9/c1-40-24-12-9-21(10-13-24)15-16-43-29-14-11-23(17-31(29)41-2)25(18-32(39)42-3)33-26(36)19-27(37)34-28(38)20-30(44-35(33)34)22-7-5-4-6-8-22/h4-14,17,19-20,25,36-37H,15-16,18H2,1-3H3/t25-/m1/s1. The number of esters is 1. The second-order valence-electron chi connectivity index (χ2n) is 10.1. The van der Waals surface area contributed by atoms with E-state index in [1.807, 2.05) is 30.3 Å². The van der Waals surface area contributed by atoms with E-state index in [0.29, 0.717) is 35.7 Å². The van der Waals surface area contributed by atoms with Gasteiger partial charge in [0.25, 0.3) is 0 Å². The molecule has 4 aromatic carbocycles. The SMILES string of the molecule is COC(=O)C[C@H](c1ccc(OCCc2ccc(OC)cc2)c(OC)c1)c1c(O)cc(O)c2c(=O)cc(-c3ccccc3)oc12. The molecule has 0 saturated carbocycles. The highest BCUT2D eigenvalue weighted by Gasteiger charge is 2.29. The number of phenolic OH excluding ortho intramolecular Hbond substituents is 2. The summed E-state index contributed by atoms with van der Waals surface area (Å²) >= 11 is 0. The van der Waals surface area contributed by atoms with E-state index >= 15 is 0 Å². The fourth-order valence-corrected chi connectivity index (χ4v) is 5.13. The van der Waals surface area contributed by atoms with Crippen LogP contribution in [0.1, 0.15) is 29.0 Å². The maximum absolute atomic E-state index is 13.2. The summed E-state index contributed by atoms with van der Waals surface area (Å²) < 4.78 is 28.0. The lowest BCUT2D eigenvalue weighted by Crippen LogP contribution is -2.13. The van der Waals surface area contributed by atoms with Gasteiger partial charge >= 0.3 is 5.97 Å². The van der Waals surface area contributed by atoms with Gasteiger partial charge in [0.05, 0.1) is 34.4 Å². The Morgan fingerprint density at radius 1 is 0.841 bits per heavy atom. The summed E-state index contributed by atoms with van der Waals surface area (Å²) in [7, 11) is 4.39. The van der Waals surface area contributed by atoms with Gasteiger partial charge < -0.3 is 33.6 Å². The molecule has 9 heteroatoms. The lowest BCUT2D eigenvalue weighted by atomic mass is 9.86. The maximum atomic E-state index is 13.2. The van der Waals surface area contributed by atoms with Crippen molar-refractivity contribution in [2.45, 2.75) is 18.8 Å². The van der Waals surface area contributed by atoms with Gasteiger partial charge in [-0.3, -0.25) is 9.59 Å². The van der Waals surface area contributed by atoms with Gasteiger partial charge in [-0.1, -0.05) is 48.5 Å². The molecule has 0 saturated heterocycles. The minimum absolute atomic E-state index is 0.0402. The van der Waals surface area contributed by atoms with Crippen LogP contribution in [-0.4, -0.2) is 44.1 Å². The number of ether oxygens (including phenoxy) is 4. The Hall–Kier alpha value is -5.44. The van der Waals surface area contributed by atoms with Crippen molar-refractivity contribution in [2.24, 2.45) is 0 Å². The van der Waals surface area contributed by atoms with E-state index in [0.717, 1.165) is 17.4 Å². The molecular formula is C35H32O9. The second-order valence-corrected chi connectivity index (χ2v) is 10.1. The van der Waals surface area contributed by atoms with Crippen LogP contribution < -0.4 is 19.6 Å². The molecule has 226 valence electrons. The number of phenols is 2. The Bertz CT molecular complexity index is 1830. The molecule has 0 amide bonds. The zero-order chi connectivity index (χ0) is 31.2. The van der Waals surface area contributed by atoms with Crippen LogP contribution in [-0.2, 0) is 16.0 Å². The molecule has 2 N–H and O–H groups in total. The van der Waals surface area contributed by atoms with Crippen LogP contribution in [0.5, 0.6) is 28.7 Å². The van der Waals surface area contributed by atoms with E-state index in [9.17, 15) is 19.8 Å². The van der Waals surface area contributed by atoms with E-state index in [1.165, 1.54) is 20.3 Å². The fourth-order valence-electron chi connectivity index (χ4n) is 5.13. The molecule has 1 aromatic heterocycles. The molecule has 1 heterocycles. The van der Waals surface area contributed by atoms with Crippen LogP contribution in [0.2, 0.25) is 0 Å². The minimum Gasteiger partial charge on any atom is -0.507 e. The summed E-state index contributed by atoms with van der Waals surface area (Å²) in [6.45, 7) is 0.379. The van der Waals surface area contributed by atoms with Crippen molar-refractivity contribution in [1.29, 1.82) is 0 Å². The molecule has 0 aliphatic rings. The number of hydrogen-bond acceptors (Lipinski definition) is 9. The summed E-state index contributed by atoms with van der Waals surface area (Å²) in [4.78, 5) is 25.9. The number of aromatic hydroxyl groups is 2. The second kappa shape index (κ2) is 13.2. The van der Waals surface area contributed by atoms with Crippen LogP contribution in [0, 0.1) is 0 Å². The van der Waals surface area contributed by atoms with Crippen molar-refractivity contribution in [3.63, 3.8) is 0 Å². The highest BCUT2D eigenvalue weighted by Crippen LogP contribution is 2.44. The zero-order valence-electron chi connectivity index (χ0n) is 24.5. The van der Waals surface area contributed by atoms with E-state index in [2.05, 4.69) is 0 Å². The smallest absolute Gasteiger partial charge is 0.306 e. The monoisotopic (exact) mass is 596 g/mol. The summed E-state index contributed by atoms with van der Waals surface area (Å²) in [5.41, 5.74) is 1.87. The zero-order valence-corrected chi connectivity index (χ0v) is 24.5. The molecule has 9 nitrogen and oxygen atoms in total. The van der Waals surface area contributed by atoms with Crippen LogP contribution in [0.3, 0.4) is 0 Å². The highest BCUT2D eigenvalue weighted by molar-refractivity contribution is 5.90. The molecule has 0 radical (unpaired) electrons. The van der Waals surface area contributed by atoms with Crippen LogP contribution in [0.4, 0.5) is 0 Å². The lowest BCUT2D eigenvalue weighted by Gasteiger charge is -2.21. The third-order valence-electron chi connectivity index (χ3n) is 7.40. The summed E-state index contributed by atoms with van der Waals surface area (Å²) in [6.07, 6.45) is 0.444. The average molecular weight is 597 g/mol. The molecule has 0 spiro atoms. The van der Waals surface area contributed by atoms with Crippen molar-refractivity contribution < 1.29 is 38.4 Å². The lowest BCUT2D eigenvalue weighted by molar-refractivity contribution is -0.140. The van der Waals surface area contributed by atoms with E-state index in [-0.39, 0.29) is 34.5 Å². The van der Waals surface area contributed by atoms with Gasteiger partial charge in [-0.25, -0.2) is 0 Å². The topological polar surface area (TPSA) is 125 Å². The van der Waals surface area contributed by atoms with Crippen LogP contribution in [0.15, 0.2) is 94.1 Å². The van der Waals surface area contributed by atoms with Crippen molar-refractivity contribution in [2.75, 3.05) is 27.9 Å². The van der Waals surface area contributed by atoms with Gasteiger partial charge in [0, 0.05) is 35.6 Å². The summed E-state index contributed by atoms with van der Waals surface area (Å²) in [6, 6.07) is 24.2. The van der Waals surface area contributed by atoms with Gasteiger partial charge in [0.15, 0.2) is 16.9 Å². The third-order valence-corrected chi connectivity index (χ3v) is 7.40. The Labute approximate surface area is 253 Å². The van der Waals surface area contributed by atoms with Crippen LogP contribution >= 0.6 is 0 Å². The molecule has 5 rings (SSSR count). The van der Waals surface area contributed by atoms with Crippen molar-refractivity contribution in [3.8, 4) is 40.1 Å². The quantitative estimate of drug-likeness (QED) is 0.171. The molecule has 5 aromatic rings. The molecule has 0 unspecified atom stereocenters. The number of fused-ring (bicyclic) bond motifs is 1. The Morgan fingerprint density at radius 2 is 1.59 bits per heavy atom. The van der Waals surface area contributed by atoms with Crippen molar-refractivity contribution in [1.82, 2.24) is 0 Å². The number of carbonyl (C=O) groups is 1. The Balaban J connectivity index is 1.56. The van der Waals surface area contributed by atoms with Gasteiger partial charge in [-0.05, 0) is 35.4 Å². The summed E-state index contributed by atoms with van der Waals surface area (Å²) in [5.74, 6) is -0.292. The fraction of sp³-hybridized carbons (Fsp3) is 0.200. The maximum Gasteiger partial charge on any atom is 0.306 e. The van der Waals surface area contributed by atoms with Gasteiger partial charge in [0.1, 0.15) is 34.0 Å². The minimum atomic E-state index is -0.845. The Kier molecular flexibility index (Phi) is 9.04. The van der Waals surface area contributed by atoms with Gasteiger partial charge in [-0.2, -0.15) is 0 Å². The molecular weight excluding hydrogens is 564 g/mol. The van der Waals surface area contributed by atoms with Gasteiger partial charge in [0.2, 0.25) is 0 Å². The predicted molar refractivity (Wildman–Crippen MR) is 165 cm³/mol. The highest BCUT2D eigenvalue weighted by atomic mass is 16.5. The number of methoxy groups -OCH3 is 3. The molecule has 44 heavy (non-hydrogen) atoms. The van der Waals surface area contributed by atoms with Gasteiger partial charge in [-0.15, -0.1) is 0 Å². The third kappa shape index (κ3) is 6.32. The number of benzene rings is 4. The normalized spacial score (nSPS) is 11.6. The first-order valence-electron chi connectivity index (χ1n) is 13.9. The molecule has 0 aliphatic heterocycles. The van der Waals surface area contributed by atoms with E-state index in [1.54, 1.807) is 49.6 Å². The molecule has 1 atom stereocenters.